The van der Waals surface area contributed by atoms with E-state index in [9.17, 15) is 9.59 Å². The average molecular weight is 396 g/mol. The molecule has 4 heterocycles. The van der Waals surface area contributed by atoms with Crippen LogP contribution in [-0.4, -0.2) is 71.3 Å². The highest BCUT2D eigenvalue weighted by Crippen LogP contribution is 2.39. The topological polar surface area (TPSA) is 43.9 Å². The normalized spacial score (nSPS) is 30.9. The van der Waals surface area contributed by atoms with Gasteiger partial charge in [-0.2, -0.15) is 0 Å². The van der Waals surface area contributed by atoms with Crippen molar-refractivity contribution in [2.45, 2.75) is 57.0 Å². The molecule has 0 saturated carbocycles. The second kappa shape index (κ2) is 8.10. The SMILES string of the molecule is O=C(Cc1ccccc1)N1CCC(N2CC3CC(C2)[C@H]2CCCC(=O)N2C3)CC1. The van der Waals surface area contributed by atoms with Gasteiger partial charge in [0.15, 0.2) is 0 Å². The number of piperidine rings is 4. The average Bonchev–Trinajstić information content (AvgIpc) is 2.75. The Bertz CT molecular complexity index is 744. The number of likely N-dealkylation sites (tertiary alicyclic amines) is 2. The minimum Gasteiger partial charge on any atom is -0.342 e. The number of benzene rings is 1. The Morgan fingerprint density at radius 2 is 1.79 bits per heavy atom. The fourth-order valence-corrected chi connectivity index (χ4v) is 6.31. The van der Waals surface area contributed by atoms with E-state index in [-0.39, 0.29) is 5.91 Å². The van der Waals surface area contributed by atoms with Crippen molar-refractivity contribution in [2.24, 2.45) is 11.8 Å². The minimum absolute atomic E-state index is 0.265. The first-order chi connectivity index (χ1) is 14.2. The smallest absolute Gasteiger partial charge is 0.226 e. The molecular formula is C24H33N3O2. The third-order valence-corrected chi connectivity index (χ3v) is 7.74. The number of hydrogen-bond donors (Lipinski definition) is 0. The summed E-state index contributed by atoms with van der Waals surface area (Å²) in [7, 11) is 0. The summed E-state index contributed by atoms with van der Waals surface area (Å²) in [5.74, 6) is 1.96. The number of carbonyl (C=O) groups excluding carboxylic acids is 2. The lowest BCUT2D eigenvalue weighted by Crippen LogP contribution is -2.62. The fraction of sp³-hybridized carbons (Fsp3) is 0.667. The first-order valence-electron chi connectivity index (χ1n) is 11.5. The third kappa shape index (κ3) is 3.94. The van der Waals surface area contributed by atoms with Gasteiger partial charge in [0.1, 0.15) is 0 Å². The van der Waals surface area contributed by atoms with Crippen LogP contribution in [0.3, 0.4) is 0 Å². The van der Waals surface area contributed by atoms with Gasteiger partial charge < -0.3 is 9.80 Å². The molecule has 2 bridgehead atoms. The number of rotatable bonds is 3. The Labute approximate surface area is 174 Å². The van der Waals surface area contributed by atoms with Gasteiger partial charge in [-0.3, -0.25) is 14.5 Å². The molecule has 2 unspecified atom stereocenters. The summed E-state index contributed by atoms with van der Waals surface area (Å²) >= 11 is 0. The van der Waals surface area contributed by atoms with Crippen LogP contribution in [0.1, 0.15) is 44.1 Å². The second-order valence-corrected chi connectivity index (χ2v) is 9.60. The standard InChI is InChI=1S/C24H33N3O2/c28-23-8-4-7-22-20-13-19(16-27(22)23)15-26(17-20)21-9-11-25(12-10-21)24(29)14-18-5-2-1-3-6-18/h1-3,5-6,19-22H,4,7-17H2/t19?,20?,22-/m1/s1. The first kappa shape index (κ1) is 19.1. The summed E-state index contributed by atoms with van der Waals surface area (Å²) in [6, 6.07) is 11.2. The molecule has 29 heavy (non-hydrogen) atoms. The van der Waals surface area contributed by atoms with Crippen molar-refractivity contribution in [3.8, 4) is 0 Å². The van der Waals surface area contributed by atoms with Crippen LogP contribution in [0.4, 0.5) is 0 Å². The Kier molecular flexibility index (Phi) is 5.33. The molecule has 5 nitrogen and oxygen atoms in total. The van der Waals surface area contributed by atoms with Gasteiger partial charge in [0.2, 0.25) is 11.8 Å². The van der Waals surface area contributed by atoms with Crippen LogP contribution < -0.4 is 0 Å². The zero-order chi connectivity index (χ0) is 19.8. The molecule has 5 rings (SSSR count). The Balaban J connectivity index is 1.16. The van der Waals surface area contributed by atoms with Gasteiger partial charge in [-0.1, -0.05) is 30.3 Å². The quantitative estimate of drug-likeness (QED) is 0.790. The molecule has 2 amide bonds. The van der Waals surface area contributed by atoms with Gasteiger partial charge in [0, 0.05) is 51.2 Å². The van der Waals surface area contributed by atoms with Crippen LogP contribution in [0.25, 0.3) is 0 Å². The van der Waals surface area contributed by atoms with Gasteiger partial charge in [0.05, 0.1) is 6.42 Å². The molecule has 4 fully saturated rings. The minimum atomic E-state index is 0.265. The van der Waals surface area contributed by atoms with E-state index in [0.717, 1.165) is 64.0 Å². The molecule has 0 aliphatic carbocycles. The van der Waals surface area contributed by atoms with Gasteiger partial charge >= 0.3 is 0 Å². The van der Waals surface area contributed by atoms with Crippen molar-refractivity contribution >= 4 is 11.8 Å². The number of fused-ring (bicyclic) bond motifs is 4. The number of amides is 2. The van der Waals surface area contributed by atoms with Crippen molar-refractivity contribution in [1.29, 1.82) is 0 Å². The lowest BCUT2D eigenvalue weighted by molar-refractivity contribution is -0.146. The van der Waals surface area contributed by atoms with Gasteiger partial charge in [-0.05, 0) is 49.5 Å². The zero-order valence-electron chi connectivity index (χ0n) is 17.3. The number of carbonyl (C=O) groups is 2. The van der Waals surface area contributed by atoms with E-state index in [2.05, 4.69) is 14.7 Å². The lowest BCUT2D eigenvalue weighted by atomic mass is 9.75. The molecule has 0 N–H and O–H groups in total. The maximum atomic E-state index is 12.7. The Hall–Kier alpha value is -1.88. The van der Waals surface area contributed by atoms with E-state index < -0.39 is 0 Å². The number of hydrogen-bond acceptors (Lipinski definition) is 3. The molecule has 1 aromatic carbocycles. The van der Waals surface area contributed by atoms with Gasteiger partial charge in [-0.25, -0.2) is 0 Å². The van der Waals surface area contributed by atoms with Crippen LogP contribution in [0.5, 0.6) is 0 Å². The second-order valence-electron chi connectivity index (χ2n) is 9.60. The van der Waals surface area contributed by atoms with Crippen molar-refractivity contribution in [1.82, 2.24) is 14.7 Å². The van der Waals surface area contributed by atoms with E-state index in [0.29, 0.717) is 36.2 Å². The fourth-order valence-electron chi connectivity index (χ4n) is 6.31. The first-order valence-corrected chi connectivity index (χ1v) is 11.5. The molecule has 156 valence electrons. The predicted molar refractivity (Wildman–Crippen MR) is 112 cm³/mol. The maximum Gasteiger partial charge on any atom is 0.226 e. The van der Waals surface area contributed by atoms with E-state index in [1.54, 1.807) is 0 Å². The summed E-state index contributed by atoms with van der Waals surface area (Å²) in [6.45, 7) is 5.03. The highest BCUT2D eigenvalue weighted by Gasteiger charge is 2.45. The zero-order valence-corrected chi connectivity index (χ0v) is 17.3. The van der Waals surface area contributed by atoms with Crippen molar-refractivity contribution in [2.75, 3.05) is 32.7 Å². The molecule has 5 heteroatoms. The number of nitrogens with zero attached hydrogens (tertiary/aromatic N) is 3. The maximum absolute atomic E-state index is 12.7. The van der Waals surface area contributed by atoms with E-state index in [4.69, 9.17) is 0 Å². The summed E-state index contributed by atoms with van der Waals surface area (Å²) in [5, 5.41) is 0. The summed E-state index contributed by atoms with van der Waals surface area (Å²) in [5.41, 5.74) is 1.11. The third-order valence-electron chi connectivity index (χ3n) is 7.74. The van der Waals surface area contributed by atoms with E-state index in [1.165, 1.54) is 12.8 Å². The monoisotopic (exact) mass is 395 g/mol. The molecule has 0 aromatic heterocycles. The van der Waals surface area contributed by atoms with Gasteiger partial charge in [0.25, 0.3) is 0 Å². The van der Waals surface area contributed by atoms with Crippen molar-refractivity contribution in [3.05, 3.63) is 35.9 Å². The van der Waals surface area contributed by atoms with Crippen LogP contribution in [-0.2, 0) is 16.0 Å². The molecular weight excluding hydrogens is 362 g/mol. The lowest BCUT2D eigenvalue weighted by Gasteiger charge is -2.54. The summed E-state index contributed by atoms with van der Waals surface area (Å²) < 4.78 is 0. The summed E-state index contributed by atoms with van der Waals surface area (Å²) in [4.78, 5) is 32.0. The van der Waals surface area contributed by atoms with Crippen molar-refractivity contribution in [3.63, 3.8) is 0 Å². The highest BCUT2D eigenvalue weighted by atomic mass is 16.2. The Morgan fingerprint density at radius 3 is 2.59 bits per heavy atom. The molecule has 0 radical (unpaired) electrons. The van der Waals surface area contributed by atoms with Crippen LogP contribution in [0.2, 0.25) is 0 Å². The largest absolute Gasteiger partial charge is 0.342 e. The van der Waals surface area contributed by atoms with Crippen LogP contribution in [0.15, 0.2) is 30.3 Å². The molecule has 4 saturated heterocycles. The highest BCUT2D eigenvalue weighted by molar-refractivity contribution is 5.79. The Morgan fingerprint density at radius 1 is 1.00 bits per heavy atom. The van der Waals surface area contributed by atoms with Gasteiger partial charge in [-0.15, -0.1) is 0 Å². The van der Waals surface area contributed by atoms with Crippen molar-refractivity contribution < 1.29 is 9.59 Å². The van der Waals surface area contributed by atoms with E-state index >= 15 is 0 Å². The van der Waals surface area contributed by atoms with Crippen LogP contribution >= 0.6 is 0 Å². The molecule has 4 aliphatic heterocycles. The summed E-state index contributed by atoms with van der Waals surface area (Å²) in [6.07, 6.45) is 7.03. The van der Waals surface area contributed by atoms with E-state index in [1.807, 2.05) is 30.3 Å². The molecule has 1 aromatic rings. The predicted octanol–water partition coefficient (Wildman–Crippen LogP) is 2.55. The molecule has 3 atom stereocenters. The molecule has 0 spiro atoms. The molecule has 4 aliphatic rings. The van der Waals surface area contributed by atoms with Crippen LogP contribution in [0, 0.1) is 11.8 Å².